The molecular formula is C43H36N4O2S2. The van der Waals surface area contributed by atoms with Crippen LogP contribution in [0.25, 0.3) is 32.3 Å². The number of aromatic nitrogens is 2. The second kappa shape index (κ2) is 13.5. The van der Waals surface area contributed by atoms with Crippen LogP contribution in [0.1, 0.15) is 74.7 Å². The molecule has 51 heavy (non-hydrogen) atoms. The SMILES string of the molecule is Cc1sc(-c2cccc(C3=N[C@@H](c4ccccc4)CO3)n2)cc1C1=C(c2cc(-c3cccc(C4=N[C@@H](c5ccccc5)CO4)n3)sc2C)CCC1. The van der Waals surface area contributed by atoms with E-state index >= 15 is 0 Å². The van der Waals surface area contributed by atoms with E-state index in [-0.39, 0.29) is 12.1 Å². The van der Waals surface area contributed by atoms with Crippen LogP contribution in [-0.2, 0) is 9.47 Å². The van der Waals surface area contributed by atoms with E-state index in [4.69, 9.17) is 29.4 Å². The van der Waals surface area contributed by atoms with Gasteiger partial charge in [0.15, 0.2) is 0 Å². The van der Waals surface area contributed by atoms with Crippen LogP contribution in [0.2, 0.25) is 0 Å². The van der Waals surface area contributed by atoms with Crippen molar-refractivity contribution < 1.29 is 9.47 Å². The number of allylic oxidation sites excluding steroid dienone is 2. The van der Waals surface area contributed by atoms with Gasteiger partial charge < -0.3 is 9.47 Å². The Labute approximate surface area is 305 Å². The third kappa shape index (κ3) is 6.23. The van der Waals surface area contributed by atoms with Crippen LogP contribution in [0.3, 0.4) is 0 Å². The summed E-state index contributed by atoms with van der Waals surface area (Å²) < 4.78 is 12.1. The monoisotopic (exact) mass is 704 g/mol. The lowest BCUT2D eigenvalue weighted by atomic mass is 9.97. The summed E-state index contributed by atoms with van der Waals surface area (Å²) in [4.78, 5) is 24.8. The predicted octanol–water partition coefficient (Wildman–Crippen LogP) is 10.7. The van der Waals surface area contributed by atoms with Gasteiger partial charge in [-0.15, -0.1) is 22.7 Å². The van der Waals surface area contributed by atoms with Crippen molar-refractivity contribution in [1.82, 2.24) is 9.97 Å². The minimum atomic E-state index is -0.000770. The molecule has 0 amide bonds. The molecular weight excluding hydrogens is 669 g/mol. The van der Waals surface area contributed by atoms with Crippen molar-refractivity contribution in [3.8, 4) is 21.1 Å². The first-order valence-electron chi connectivity index (χ1n) is 17.5. The van der Waals surface area contributed by atoms with Gasteiger partial charge in [-0.2, -0.15) is 0 Å². The van der Waals surface area contributed by atoms with E-state index in [9.17, 15) is 0 Å². The fraction of sp³-hybridized carbons (Fsp3) is 0.209. The van der Waals surface area contributed by atoms with Crippen molar-refractivity contribution in [2.24, 2.45) is 9.98 Å². The van der Waals surface area contributed by atoms with Crippen LogP contribution in [0.15, 0.2) is 119 Å². The van der Waals surface area contributed by atoms with Gasteiger partial charge in [0.05, 0.1) is 21.1 Å². The van der Waals surface area contributed by atoms with Gasteiger partial charge in [-0.1, -0.05) is 72.8 Å². The summed E-state index contributed by atoms with van der Waals surface area (Å²) in [6, 6.07) is 37.6. The molecule has 4 aromatic heterocycles. The number of benzene rings is 2. The summed E-state index contributed by atoms with van der Waals surface area (Å²) in [5.41, 5.74) is 11.4. The molecule has 2 atom stereocenters. The zero-order valence-corrected chi connectivity index (χ0v) is 30.1. The Balaban J connectivity index is 0.985. The van der Waals surface area contributed by atoms with Gasteiger partial charge in [-0.25, -0.2) is 20.0 Å². The van der Waals surface area contributed by atoms with Crippen LogP contribution in [0, 0.1) is 13.8 Å². The van der Waals surface area contributed by atoms with E-state index < -0.39 is 0 Å². The first kappa shape index (κ1) is 31.8. The molecule has 8 heteroatoms. The molecule has 6 nitrogen and oxygen atoms in total. The molecule has 0 unspecified atom stereocenters. The van der Waals surface area contributed by atoms with Gasteiger partial charge in [-0.05, 0) is 103 Å². The van der Waals surface area contributed by atoms with E-state index in [0.29, 0.717) is 25.0 Å². The highest BCUT2D eigenvalue weighted by molar-refractivity contribution is 7.16. The van der Waals surface area contributed by atoms with Crippen LogP contribution in [0.4, 0.5) is 0 Å². The molecule has 0 radical (unpaired) electrons. The maximum Gasteiger partial charge on any atom is 0.236 e. The lowest BCUT2D eigenvalue weighted by molar-refractivity contribution is 0.319. The van der Waals surface area contributed by atoms with Crippen LogP contribution >= 0.6 is 22.7 Å². The Morgan fingerprint density at radius 1 is 0.529 bits per heavy atom. The van der Waals surface area contributed by atoms with Crippen molar-refractivity contribution in [3.05, 3.63) is 153 Å². The molecule has 1 aliphatic carbocycles. The van der Waals surface area contributed by atoms with Crippen LogP contribution in [0.5, 0.6) is 0 Å². The molecule has 2 aromatic carbocycles. The summed E-state index contributed by atoms with van der Waals surface area (Å²) >= 11 is 3.62. The standard InChI is InChI=1S/C43H36N4O2S2/c1-26-32(22-40(50-26)34-18-10-20-36(44-34)42-46-38(24-48-42)28-12-5-3-6-13-28)30-16-9-17-31(30)33-23-41(51-27(33)2)35-19-11-21-37(45-35)43-47-39(25-49-43)29-14-7-4-8-15-29/h3-8,10-15,18-23,38-39H,9,16-17,24-25H2,1-2H3/t38-,39-/m1/s1. The van der Waals surface area contributed by atoms with E-state index in [1.54, 1.807) is 0 Å². The molecule has 252 valence electrons. The van der Waals surface area contributed by atoms with Gasteiger partial charge >= 0.3 is 0 Å². The number of hydrogen-bond acceptors (Lipinski definition) is 8. The normalized spacial score (nSPS) is 18.5. The minimum Gasteiger partial charge on any atom is -0.474 e. The smallest absolute Gasteiger partial charge is 0.236 e. The third-order valence-electron chi connectivity index (χ3n) is 9.82. The maximum atomic E-state index is 6.04. The molecule has 2 aliphatic heterocycles. The molecule has 6 aromatic rings. The predicted molar refractivity (Wildman–Crippen MR) is 209 cm³/mol. The number of rotatable bonds is 8. The topological polar surface area (TPSA) is 69.0 Å². The quantitative estimate of drug-likeness (QED) is 0.158. The highest BCUT2D eigenvalue weighted by atomic mass is 32.1. The van der Waals surface area contributed by atoms with Gasteiger partial charge in [0.1, 0.15) is 36.7 Å². The van der Waals surface area contributed by atoms with Gasteiger partial charge in [0.2, 0.25) is 11.8 Å². The molecule has 6 heterocycles. The number of aryl methyl sites for hydroxylation is 2. The van der Waals surface area contributed by atoms with E-state index in [2.05, 4.69) is 74.5 Å². The van der Waals surface area contributed by atoms with E-state index in [1.807, 2.05) is 71.2 Å². The molecule has 3 aliphatic rings. The van der Waals surface area contributed by atoms with Crippen molar-refractivity contribution in [2.75, 3.05) is 13.2 Å². The van der Waals surface area contributed by atoms with Crippen LogP contribution in [-0.4, -0.2) is 35.0 Å². The Hall–Kier alpha value is -5.18. The Kier molecular flexibility index (Phi) is 8.42. The average Bonchev–Trinajstić information content (AvgIpc) is 4.03. The Morgan fingerprint density at radius 2 is 0.961 bits per heavy atom. The highest BCUT2D eigenvalue weighted by Gasteiger charge is 2.27. The molecule has 0 fully saturated rings. The van der Waals surface area contributed by atoms with E-state index in [0.717, 1.165) is 62.9 Å². The molecule has 0 saturated heterocycles. The maximum absolute atomic E-state index is 6.04. The number of thiophene rings is 2. The zero-order chi connectivity index (χ0) is 34.3. The van der Waals surface area contributed by atoms with Gasteiger partial charge in [-0.3, -0.25) is 0 Å². The number of ether oxygens (including phenoxy) is 2. The number of pyridine rings is 2. The molecule has 9 rings (SSSR count). The summed E-state index contributed by atoms with van der Waals surface area (Å²) in [5.74, 6) is 1.23. The largest absolute Gasteiger partial charge is 0.474 e. The van der Waals surface area contributed by atoms with Gasteiger partial charge in [0.25, 0.3) is 0 Å². The second-order valence-electron chi connectivity index (χ2n) is 13.1. The summed E-state index contributed by atoms with van der Waals surface area (Å²) in [7, 11) is 0. The highest BCUT2D eigenvalue weighted by Crippen LogP contribution is 2.47. The molecule has 0 bridgehead atoms. The fourth-order valence-electron chi connectivity index (χ4n) is 7.26. The second-order valence-corrected chi connectivity index (χ2v) is 15.6. The number of hydrogen-bond donors (Lipinski definition) is 0. The minimum absolute atomic E-state index is 0.000770. The van der Waals surface area contributed by atoms with Crippen LogP contribution < -0.4 is 0 Å². The average molecular weight is 705 g/mol. The summed E-state index contributed by atoms with van der Waals surface area (Å²) in [6.07, 6.45) is 3.30. The fourth-order valence-corrected chi connectivity index (χ4v) is 9.29. The van der Waals surface area contributed by atoms with Crippen molar-refractivity contribution in [3.63, 3.8) is 0 Å². The molecule has 0 spiro atoms. The molecule has 0 saturated carbocycles. The Morgan fingerprint density at radius 3 is 1.41 bits per heavy atom. The first-order chi connectivity index (χ1) is 25.1. The van der Waals surface area contributed by atoms with E-state index in [1.165, 1.54) is 32.0 Å². The molecule has 0 N–H and O–H groups in total. The Bertz CT molecular complexity index is 2170. The van der Waals surface area contributed by atoms with Gasteiger partial charge in [0, 0.05) is 9.75 Å². The van der Waals surface area contributed by atoms with Crippen molar-refractivity contribution >= 4 is 45.6 Å². The van der Waals surface area contributed by atoms with Crippen molar-refractivity contribution in [2.45, 2.75) is 45.2 Å². The van der Waals surface area contributed by atoms with Crippen molar-refractivity contribution in [1.29, 1.82) is 0 Å². The third-order valence-corrected chi connectivity index (χ3v) is 12.0. The lowest BCUT2D eigenvalue weighted by Crippen LogP contribution is -2.04. The summed E-state index contributed by atoms with van der Waals surface area (Å²) in [5, 5.41) is 0. The first-order valence-corrected chi connectivity index (χ1v) is 19.1. The lowest BCUT2D eigenvalue weighted by Gasteiger charge is -2.07. The summed E-state index contributed by atoms with van der Waals surface area (Å²) in [6.45, 7) is 5.55. The zero-order valence-electron chi connectivity index (χ0n) is 28.5. The number of aliphatic imine (C=N–C) groups is 2. The number of nitrogens with zero attached hydrogens (tertiary/aromatic N) is 4.